The van der Waals surface area contributed by atoms with Crippen LogP contribution in [0.4, 0.5) is 31.3 Å². The topological polar surface area (TPSA) is 106 Å². The molecule has 10 nitrogen and oxygen atoms in total. The first-order valence-electron chi connectivity index (χ1n) is 12.5. The number of imide groups is 1. The van der Waals surface area contributed by atoms with Crippen molar-refractivity contribution in [2.45, 2.75) is 97.8 Å². The van der Waals surface area contributed by atoms with Crippen molar-refractivity contribution >= 4 is 29.5 Å². The SMILES string of the molecule is C=C1C(COC(C)(C)C)C[C@H](F)C1N1CNc2c(N(C(=O)OC(C)(C)C)C(=O)OC(C)(C)C)ncnc21. The zero-order chi connectivity index (χ0) is 27.9. The van der Waals surface area contributed by atoms with E-state index in [9.17, 15) is 9.59 Å². The first kappa shape index (κ1) is 28.6. The summed E-state index contributed by atoms with van der Waals surface area (Å²) in [4.78, 5) is 37.3. The Bertz CT molecular complexity index is 1020. The molecule has 1 aromatic heterocycles. The number of ether oxygens (including phenoxy) is 3. The Hall–Kier alpha value is -2.95. The molecule has 1 aliphatic heterocycles. The van der Waals surface area contributed by atoms with Gasteiger partial charge in [-0.2, -0.15) is 4.90 Å². The van der Waals surface area contributed by atoms with Crippen LogP contribution in [0.2, 0.25) is 0 Å². The summed E-state index contributed by atoms with van der Waals surface area (Å²) in [6.45, 7) is 20.7. The molecule has 206 valence electrons. The molecule has 0 bridgehead atoms. The van der Waals surface area contributed by atoms with Gasteiger partial charge in [-0.1, -0.05) is 6.58 Å². The molecule has 1 aromatic rings. The van der Waals surface area contributed by atoms with Gasteiger partial charge in [0, 0.05) is 5.92 Å². The smallest absolute Gasteiger partial charge is 0.425 e. The summed E-state index contributed by atoms with van der Waals surface area (Å²) < 4.78 is 32.2. The summed E-state index contributed by atoms with van der Waals surface area (Å²) in [5.74, 6) is 0.167. The predicted molar refractivity (Wildman–Crippen MR) is 140 cm³/mol. The Balaban J connectivity index is 1.94. The van der Waals surface area contributed by atoms with Gasteiger partial charge in [-0.25, -0.2) is 23.9 Å². The monoisotopic (exact) mass is 521 g/mol. The van der Waals surface area contributed by atoms with Crippen LogP contribution in [0.25, 0.3) is 0 Å². The van der Waals surface area contributed by atoms with Crippen LogP contribution in [-0.2, 0) is 14.2 Å². The van der Waals surface area contributed by atoms with E-state index in [1.54, 1.807) is 46.4 Å². The number of nitrogens with zero attached hydrogens (tertiary/aromatic N) is 4. The number of anilines is 3. The highest BCUT2D eigenvalue weighted by atomic mass is 19.1. The maximum absolute atomic E-state index is 15.4. The lowest BCUT2D eigenvalue weighted by Gasteiger charge is -2.29. The van der Waals surface area contributed by atoms with Crippen LogP contribution >= 0.6 is 0 Å². The van der Waals surface area contributed by atoms with Crippen molar-refractivity contribution in [3.63, 3.8) is 0 Å². The van der Waals surface area contributed by atoms with E-state index in [0.29, 0.717) is 23.7 Å². The van der Waals surface area contributed by atoms with E-state index in [1.165, 1.54) is 6.33 Å². The van der Waals surface area contributed by atoms with Gasteiger partial charge < -0.3 is 24.4 Å². The molecule has 0 saturated heterocycles. The van der Waals surface area contributed by atoms with Gasteiger partial charge in [0.05, 0.1) is 24.9 Å². The van der Waals surface area contributed by atoms with Crippen molar-refractivity contribution in [2.75, 3.05) is 28.4 Å². The fourth-order valence-electron chi connectivity index (χ4n) is 4.19. The predicted octanol–water partition coefficient (Wildman–Crippen LogP) is 5.44. The van der Waals surface area contributed by atoms with Crippen LogP contribution in [0.5, 0.6) is 0 Å². The zero-order valence-electron chi connectivity index (χ0n) is 23.3. The number of carbonyl (C=O) groups is 2. The van der Waals surface area contributed by atoms with Crippen molar-refractivity contribution in [2.24, 2.45) is 5.92 Å². The van der Waals surface area contributed by atoms with Crippen LogP contribution in [0, 0.1) is 5.92 Å². The summed E-state index contributed by atoms with van der Waals surface area (Å²) in [6.07, 6.45) is -1.58. The first-order valence-corrected chi connectivity index (χ1v) is 12.5. The summed E-state index contributed by atoms with van der Waals surface area (Å²) in [5, 5.41) is 3.13. The van der Waals surface area contributed by atoms with E-state index < -0.39 is 35.6 Å². The number of amides is 2. The normalized spacial score (nSPS) is 21.9. The number of hydrogen-bond acceptors (Lipinski definition) is 9. The second-order valence-corrected chi connectivity index (χ2v) is 12.4. The van der Waals surface area contributed by atoms with Gasteiger partial charge in [-0.3, -0.25) is 0 Å². The molecule has 1 saturated carbocycles. The minimum Gasteiger partial charge on any atom is -0.443 e. The van der Waals surface area contributed by atoms with Gasteiger partial charge in [0.25, 0.3) is 0 Å². The molecule has 0 aromatic carbocycles. The standard InChI is InChI=1S/C26H40FN5O5/c1-15-16(12-35-24(2,3)4)11-17(27)19(15)31-14-30-18-20(31)28-13-29-21(18)32(22(33)36-25(5,6)7)23(34)37-26(8,9)10/h13,16-17,19,30H,1,11-12,14H2,2-10H3/t16?,17-,19?/m0/s1. The molecule has 0 spiro atoms. The Labute approximate surface area is 218 Å². The fourth-order valence-corrected chi connectivity index (χ4v) is 4.19. The maximum Gasteiger partial charge on any atom is 0.425 e. The van der Waals surface area contributed by atoms with E-state index in [1.807, 2.05) is 20.8 Å². The van der Waals surface area contributed by atoms with Gasteiger partial charge in [-0.15, -0.1) is 0 Å². The van der Waals surface area contributed by atoms with Crippen LogP contribution < -0.4 is 15.1 Å². The van der Waals surface area contributed by atoms with Crippen LogP contribution in [0.15, 0.2) is 18.5 Å². The van der Waals surface area contributed by atoms with E-state index in [-0.39, 0.29) is 30.4 Å². The van der Waals surface area contributed by atoms with E-state index >= 15 is 4.39 Å². The minimum atomic E-state index is -1.19. The van der Waals surface area contributed by atoms with Crippen molar-refractivity contribution in [3.05, 3.63) is 18.5 Å². The van der Waals surface area contributed by atoms with Gasteiger partial charge in [0.2, 0.25) is 0 Å². The molecule has 2 heterocycles. The van der Waals surface area contributed by atoms with Crippen LogP contribution in [0.1, 0.15) is 68.7 Å². The average Bonchev–Trinajstić information content (AvgIpc) is 3.24. The summed E-state index contributed by atoms with van der Waals surface area (Å²) >= 11 is 0. The molecule has 1 N–H and O–H groups in total. The molecule has 1 fully saturated rings. The van der Waals surface area contributed by atoms with E-state index in [4.69, 9.17) is 14.2 Å². The molecule has 3 rings (SSSR count). The third-order valence-electron chi connectivity index (χ3n) is 5.68. The number of halogens is 1. The molecule has 2 aliphatic rings. The molecule has 2 amide bonds. The lowest BCUT2D eigenvalue weighted by Crippen LogP contribution is -2.44. The molecule has 2 unspecified atom stereocenters. The van der Waals surface area contributed by atoms with E-state index in [2.05, 4.69) is 21.9 Å². The second kappa shape index (κ2) is 10.1. The molecule has 3 atom stereocenters. The summed E-state index contributed by atoms with van der Waals surface area (Å²) in [7, 11) is 0. The number of carbonyl (C=O) groups excluding carboxylic acids is 2. The third kappa shape index (κ3) is 6.88. The minimum absolute atomic E-state index is 0.0392. The largest absolute Gasteiger partial charge is 0.443 e. The van der Waals surface area contributed by atoms with Crippen molar-refractivity contribution in [1.82, 2.24) is 9.97 Å². The van der Waals surface area contributed by atoms with Crippen LogP contribution in [0.3, 0.4) is 0 Å². The van der Waals surface area contributed by atoms with E-state index in [0.717, 1.165) is 4.90 Å². The second-order valence-electron chi connectivity index (χ2n) is 12.4. The van der Waals surface area contributed by atoms with Crippen LogP contribution in [-0.4, -0.2) is 64.4 Å². The van der Waals surface area contributed by atoms with Gasteiger partial charge in [0.1, 0.15) is 29.4 Å². The third-order valence-corrected chi connectivity index (χ3v) is 5.68. The molecule has 0 radical (unpaired) electrons. The maximum atomic E-state index is 15.4. The quantitative estimate of drug-likeness (QED) is 0.518. The number of fused-ring (bicyclic) bond motifs is 1. The van der Waals surface area contributed by atoms with Gasteiger partial charge in [0.15, 0.2) is 11.6 Å². The van der Waals surface area contributed by atoms with Gasteiger partial charge in [-0.05, 0) is 74.3 Å². The number of hydrogen-bond donors (Lipinski definition) is 1. The van der Waals surface area contributed by atoms with Crippen molar-refractivity contribution < 1.29 is 28.2 Å². The lowest BCUT2D eigenvalue weighted by molar-refractivity contribution is -0.0170. The number of alkyl halides is 1. The molecule has 1 aliphatic carbocycles. The summed E-state index contributed by atoms with van der Waals surface area (Å²) in [5.41, 5.74) is -1.09. The lowest BCUT2D eigenvalue weighted by atomic mass is 10.0. The molecular formula is C26H40FN5O5. The first-order chi connectivity index (χ1) is 16.9. The Kier molecular flexibility index (Phi) is 7.79. The molecule has 11 heteroatoms. The van der Waals surface area contributed by atoms with Crippen molar-refractivity contribution in [1.29, 1.82) is 0 Å². The highest BCUT2D eigenvalue weighted by Crippen LogP contribution is 2.44. The summed E-state index contributed by atoms with van der Waals surface area (Å²) in [6, 6.07) is -0.651. The van der Waals surface area contributed by atoms with Gasteiger partial charge >= 0.3 is 12.2 Å². The fraction of sp³-hybridized carbons (Fsp3) is 0.692. The average molecular weight is 522 g/mol. The number of nitrogens with one attached hydrogen (secondary N) is 1. The Morgan fingerprint density at radius 1 is 1.05 bits per heavy atom. The zero-order valence-corrected chi connectivity index (χ0v) is 23.3. The molecule has 37 heavy (non-hydrogen) atoms. The Morgan fingerprint density at radius 3 is 2.14 bits per heavy atom. The highest BCUT2D eigenvalue weighted by Gasteiger charge is 2.46. The number of aromatic nitrogens is 2. The molecular weight excluding hydrogens is 481 g/mol. The van der Waals surface area contributed by atoms with Crippen molar-refractivity contribution in [3.8, 4) is 0 Å². The highest BCUT2D eigenvalue weighted by molar-refractivity contribution is 6.11. The number of rotatable bonds is 4. The Morgan fingerprint density at radius 2 is 1.62 bits per heavy atom.